The van der Waals surface area contributed by atoms with E-state index in [1.807, 2.05) is 13.8 Å². The number of nitrogens with zero attached hydrogens (tertiary/aromatic N) is 8. The quantitative estimate of drug-likeness (QED) is 0.0176. The number of benzene rings is 2. The molecule has 6 rings (SSSR count). The Labute approximate surface area is 402 Å². The van der Waals surface area contributed by atoms with Gasteiger partial charge in [-0.15, -0.1) is 19.9 Å². The van der Waals surface area contributed by atoms with Gasteiger partial charge in [-0.2, -0.15) is 43.6 Å². The summed E-state index contributed by atoms with van der Waals surface area (Å²) < 4.78 is 136. The predicted octanol–water partition coefficient (Wildman–Crippen LogP) is -0.286. The van der Waals surface area contributed by atoms with E-state index >= 15 is 0 Å². The highest BCUT2D eigenvalue weighted by Crippen LogP contribution is 2.51. The lowest BCUT2D eigenvalue weighted by molar-refractivity contribution is 0.163. The monoisotopic (exact) mass is 1060 g/mol. The molecule has 2 aromatic carbocycles. The van der Waals surface area contributed by atoms with Crippen LogP contribution in [0.3, 0.4) is 0 Å². The number of quaternary nitrogens is 2. The number of aliphatic hydroxyl groups excluding tert-OH is 4. The summed E-state index contributed by atoms with van der Waals surface area (Å²) in [4.78, 5) is 24.9. The van der Waals surface area contributed by atoms with Gasteiger partial charge in [0.25, 0.3) is 40.5 Å². The smallest absolute Gasteiger partial charge is 0.336 e. The molecule has 70 heavy (non-hydrogen) atoms. The van der Waals surface area contributed by atoms with Gasteiger partial charge in [-0.1, -0.05) is 24.3 Å². The largest absolute Gasteiger partial charge is 0.396 e. The summed E-state index contributed by atoms with van der Waals surface area (Å²) >= 11 is 0. The highest BCUT2D eigenvalue weighted by atomic mass is 32.2. The van der Waals surface area contributed by atoms with Crippen LogP contribution < -0.4 is 30.2 Å². The average Bonchev–Trinajstić information content (AvgIpc) is 4.12. The minimum atomic E-state index is -5.03. The molecule has 32 heteroatoms. The van der Waals surface area contributed by atoms with Crippen LogP contribution in [0.4, 0.5) is 47.1 Å². The van der Waals surface area contributed by atoms with Crippen molar-refractivity contribution in [3.63, 3.8) is 0 Å². The molecule has 2 aromatic heterocycles. The summed E-state index contributed by atoms with van der Waals surface area (Å²) in [6, 6.07) is 6.95. The number of nitrogens with one attached hydrogen (secondary N) is 4. The third kappa shape index (κ3) is 11.9. The summed E-state index contributed by atoms with van der Waals surface area (Å²) in [5.41, 5.74) is -2.09. The lowest BCUT2D eigenvalue weighted by Crippen LogP contribution is -2.46. The van der Waals surface area contributed by atoms with Crippen molar-refractivity contribution in [3.05, 3.63) is 47.5 Å². The van der Waals surface area contributed by atoms with Crippen LogP contribution in [-0.2, 0) is 40.5 Å². The molecule has 0 aliphatic carbocycles. The van der Waals surface area contributed by atoms with Gasteiger partial charge < -0.3 is 41.7 Å². The number of rotatable bonds is 25. The average molecular weight is 1060 g/mol. The second kappa shape index (κ2) is 20.1. The molecule has 0 spiro atoms. The SMILES string of the molecule is CC(C)[N+]1(c2nc(NCCS(=O)(=O)O)nc(Nc3ccc(C=Cc4ccc(Nc5nc(NCCS(=O)(=O)O)nc([N+]6(C)CC6(CO)CCO)n5)cc4S(=O)(=O)O)c(S(=O)(=O)O)c3)n2)CC1(CO)CCO. The van der Waals surface area contributed by atoms with Gasteiger partial charge in [0, 0.05) is 50.5 Å². The third-order valence-corrected chi connectivity index (χ3v) is 15.6. The van der Waals surface area contributed by atoms with Gasteiger partial charge in [-0.25, -0.2) is 8.97 Å². The van der Waals surface area contributed by atoms with Crippen LogP contribution in [0, 0.1) is 0 Å². The van der Waals surface area contributed by atoms with Crippen molar-refractivity contribution in [1.29, 1.82) is 0 Å². The number of hydrogen-bond acceptors (Lipinski definition) is 22. The maximum atomic E-state index is 12.8. The molecule has 2 aliphatic heterocycles. The van der Waals surface area contributed by atoms with Crippen LogP contribution >= 0.6 is 0 Å². The number of hydrogen-bond donors (Lipinski definition) is 12. The molecule has 4 heterocycles. The zero-order valence-electron chi connectivity index (χ0n) is 37.7. The topological polar surface area (TPSA) is 424 Å². The molecule has 4 unspecified atom stereocenters. The van der Waals surface area contributed by atoms with Crippen molar-refractivity contribution in [2.75, 3.05) is 92.4 Å². The highest BCUT2D eigenvalue weighted by Gasteiger charge is 2.73. The first kappa shape index (κ1) is 54.1. The molecular formula is C38H54N12O16S4+2. The van der Waals surface area contributed by atoms with E-state index in [1.165, 1.54) is 24.3 Å². The third-order valence-electron chi connectivity index (χ3n) is 12.3. The normalized spacial score (nSPS) is 22.6. The van der Waals surface area contributed by atoms with Crippen LogP contribution in [0.5, 0.6) is 0 Å². The Morgan fingerprint density at radius 2 is 1.01 bits per heavy atom. The van der Waals surface area contributed by atoms with Crippen LogP contribution in [-0.4, -0.2) is 190 Å². The molecule has 4 aromatic rings. The van der Waals surface area contributed by atoms with Crippen LogP contribution in [0.1, 0.15) is 37.8 Å². The minimum absolute atomic E-state index is 0.00580. The molecule has 0 saturated carbocycles. The van der Waals surface area contributed by atoms with Gasteiger partial charge in [-0.3, -0.25) is 18.2 Å². The van der Waals surface area contributed by atoms with Crippen molar-refractivity contribution >= 4 is 99.7 Å². The maximum absolute atomic E-state index is 12.8. The standard InChI is InChI=1S/C38H52N12O16S4/c1-24(2)50(21-38(50,23-54)11-15-52)36-46-32(40-13-17-68(58,59)60)44-34(48-36)42-28-9-7-26(30(19-28)70(64,65)66)5-4-25-6-8-27(18-29(25)69(61,62)63)41-33-43-31(39-12-16-67(55,56)57)45-35(47-33)49(3)20-37(49,22-53)10-14-51/h4-9,18-19,24,51-54H,10-17,20-23H2,1-3H3,(H6-2,39,40,41,42,43,44,45,46,47,48,55,56,57,58,59,60,61,62,63,64,65,66)/p+2. The highest BCUT2D eigenvalue weighted by molar-refractivity contribution is 7.86. The molecule has 0 amide bonds. The molecular weight excluding hydrogens is 1010 g/mol. The Hall–Kier alpha value is -5.20. The van der Waals surface area contributed by atoms with E-state index in [0.717, 1.165) is 24.3 Å². The Morgan fingerprint density at radius 3 is 1.41 bits per heavy atom. The number of aromatic nitrogens is 6. The van der Waals surface area contributed by atoms with E-state index in [2.05, 4.69) is 51.2 Å². The summed E-state index contributed by atoms with van der Waals surface area (Å²) in [5.74, 6) is -2.00. The predicted molar refractivity (Wildman–Crippen MR) is 255 cm³/mol. The molecule has 12 N–H and O–H groups in total. The van der Waals surface area contributed by atoms with E-state index in [1.54, 1.807) is 7.05 Å². The second-order valence-corrected chi connectivity index (χ2v) is 23.1. The van der Waals surface area contributed by atoms with Crippen molar-refractivity contribution in [1.82, 2.24) is 38.9 Å². The minimum Gasteiger partial charge on any atom is -0.396 e. The first-order chi connectivity index (χ1) is 32.6. The van der Waals surface area contributed by atoms with Gasteiger partial charge in [0.1, 0.15) is 36.1 Å². The molecule has 0 radical (unpaired) electrons. The molecule has 28 nitrogen and oxygen atoms in total. The Kier molecular flexibility index (Phi) is 15.6. The molecule has 0 bridgehead atoms. The van der Waals surface area contributed by atoms with E-state index in [9.17, 15) is 72.3 Å². The molecule has 2 fully saturated rings. The summed E-state index contributed by atoms with van der Waals surface area (Å²) in [6.07, 6.45) is 2.63. The first-order valence-corrected chi connectivity index (χ1v) is 27.2. The van der Waals surface area contributed by atoms with Crippen molar-refractivity contribution in [2.24, 2.45) is 0 Å². The number of likely N-dealkylation sites (N-methyl/N-ethyl adjacent to an activating group) is 1. The van der Waals surface area contributed by atoms with Gasteiger partial charge in [0.15, 0.2) is 11.1 Å². The van der Waals surface area contributed by atoms with Crippen molar-refractivity contribution < 1.29 is 72.3 Å². The van der Waals surface area contributed by atoms with Crippen molar-refractivity contribution in [2.45, 2.75) is 53.6 Å². The van der Waals surface area contributed by atoms with E-state index in [4.69, 9.17) is 0 Å². The summed E-state index contributed by atoms with van der Waals surface area (Å²) in [6.45, 7) is 2.38. The van der Waals surface area contributed by atoms with Crippen LogP contribution in [0.25, 0.3) is 12.2 Å². The maximum Gasteiger partial charge on any atom is 0.336 e. The fourth-order valence-electron chi connectivity index (χ4n) is 8.44. The van der Waals surface area contributed by atoms with Crippen molar-refractivity contribution in [3.8, 4) is 0 Å². The van der Waals surface area contributed by atoms with Gasteiger partial charge in [0.05, 0.1) is 24.6 Å². The fourth-order valence-corrected chi connectivity index (χ4v) is 10.6. The lowest BCUT2D eigenvalue weighted by Gasteiger charge is -2.27. The molecule has 2 saturated heterocycles. The molecule has 2 aliphatic rings. The van der Waals surface area contributed by atoms with E-state index < -0.39 is 72.8 Å². The Morgan fingerprint density at radius 1 is 0.600 bits per heavy atom. The Balaban J connectivity index is 1.32. The molecule has 384 valence electrons. The van der Waals surface area contributed by atoms with Gasteiger partial charge in [-0.05, 0) is 49.2 Å². The number of aliphatic hydroxyl groups is 4. The van der Waals surface area contributed by atoms with Gasteiger partial charge >= 0.3 is 11.9 Å². The fraction of sp³-hybridized carbons (Fsp3) is 0.474. The first-order valence-electron chi connectivity index (χ1n) is 21.1. The summed E-state index contributed by atoms with van der Waals surface area (Å²) in [7, 11) is -17.1. The zero-order valence-corrected chi connectivity index (χ0v) is 41.0. The molecule has 4 atom stereocenters. The lowest BCUT2D eigenvalue weighted by atomic mass is 10.1. The van der Waals surface area contributed by atoms with Crippen LogP contribution in [0.2, 0.25) is 0 Å². The number of anilines is 6. The Bertz CT molecular complexity index is 3120. The summed E-state index contributed by atoms with van der Waals surface area (Å²) in [5, 5.41) is 51.1. The zero-order chi connectivity index (χ0) is 51.7. The van der Waals surface area contributed by atoms with E-state index in [-0.39, 0.29) is 126 Å². The van der Waals surface area contributed by atoms with Crippen LogP contribution in [0.15, 0.2) is 46.2 Å². The van der Waals surface area contributed by atoms with E-state index in [0.29, 0.717) is 13.1 Å². The second-order valence-electron chi connectivity index (χ2n) is 17.2. The van der Waals surface area contributed by atoms with Gasteiger partial charge in [0.2, 0.25) is 23.8 Å².